The first-order valence-corrected chi connectivity index (χ1v) is 9.18. The van der Waals surface area contributed by atoms with Crippen molar-refractivity contribution < 1.29 is 4.57 Å². The van der Waals surface area contributed by atoms with Gasteiger partial charge in [-0.1, -0.05) is 30.3 Å². The molecular weight excluding hydrogens is 316 g/mol. The van der Waals surface area contributed by atoms with E-state index in [0.29, 0.717) is 0 Å². The lowest BCUT2D eigenvalue weighted by Crippen LogP contribution is -2.33. The van der Waals surface area contributed by atoms with Gasteiger partial charge in [-0.25, -0.2) is 4.57 Å². The van der Waals surface area contributed by atoms with Gasteiger partial charge in [-0.2, -0.15) is 0 Å². The van der Waals surface area contributed by atoms with Crippen LogP contribution in [-0.2, 0) is 7.05 Å². The molecule has 5 rings (SSSR count). The van der Waals surface area contributed by atoms with Crippen molar-refractivity contribution in [3.05, 3.63) is 65.4 Å². The summed E-state index contributed by atoms with van der Waals surface area (Å²) in [6.45, 7) is 6.72. The SMILES string of the molecule is Cc1cc2c3c([n+](C)ccc3c1)-c1c(c(C)c3ccccc3c1C)N2C. The summed E-state index contributed by atoms with van der Waals surface area (Å²) in [4.78, 5) is 2.40. The molecule has 0 saturated heterocycles. The van der Waals surface area contributed by atoms with Gasteiger partial charge in [-0.3, -0.25) is 0 Å². The summed E-state index contributed by atoms with van der Waals surface area (Å²) in [6, 6.07) is 15.6. The quantitative estimate of drug-likeness (QED) is 0.384. The Balaban J connectivity index is 2.08. The summed E-state index contributed by atoms with van der Waals surface area (Å²) in [6.07, 6.45) is 2.19. The maximum Gasteiger partial charge on any atom is 0.224 e. The minimum atomic E-state index is 1.30. The van der Waals surface area contributed by atoms with Crippen LogP contribution in [-0.4, -0.2) is 7.05 Å². The van der Waals surface area contributed by atoms with E-state index in [9.17, 15) is 0 Å². The molecule has 0 N–H and O–H groups in total. The molecule has 2 nitrogen and oxygen atoms in total. The lowest BCUT2D eigenvalue weighted by Gasteiger charge is -2.32. The zero-order chi connectivity index (χ0) is 18.2. The monoisotopic (exact) mass is 339 g/mol. The van der Waals surface area contributed by atoms with E-state index in [0.717, 1.165) is 0 Å². The first-order valence-electron chi connectivity index (χ1n) is 9.18. The first-order chi connectivity index (χ1) is 12.5. The number of nitrogens with zero attached hydrogens (tertiary/aromatic N) is 2. The fourth-order valence-corrected chi connectivity index (χ4v) is 4.79. The Morgan fingerprint density at radius 2 is 1.58 bits per heavy atom. The lowest BCUT2D eigenvalue weighted by atomic mass is 9.86. The molecule has 0 spiro atoms. The summed E-state index contributed by atoms with van der Waals surface area (Å²) in [5, 5.41) is 5.37. The number of anilines is 2. The molecular formula is C24H23N2+. The summed E-state index contributed by atoms with van der Waals surface area (Å²) < 4.78 is 2.29. The molecule has 0 bridgehead atoms. The van der Waals surface area contributed by atoms with Crippen molar-refractivity contribution in [3.8, 4) is 11.3 Å². The second-order valence-electron chi connectivity index (χ2n) is 7.60. The van der Waals surface area contributed by atoms with Crippen molar-refractivity contribution in [2.45, 2.75) is 20.8 Å². The smallest absolute Gasteiger partial charge is 0.224 e. The number of benzene rings is 3. The molecule has 0 amide bonds. The molecule has 3 aromatic carbocycles. The van der Waals surface area contributed by atoms with Crippen LogP contribution in [0.15, 0.2) is 48.7 Å². The standard InChI is InChI=1S/C24H23N2/c1-14-12-17-10-11-25(4)24-21-15(2)18-8-6-7-9-19(18)16(3)23(21)26(5)20(13-14)22(17)24/h6-13H,1-5H3/q+1. The van der Waals surface area contributed by atoms with Crippen LogP contribution in [0.2, 0.25) is 0 Å². The van der Waals surface area contributed by atoms with Gasteiger partial charge in [0.15, 0.2) is 6.20 Å². The summed E-state index contributed by atoms with van der Waals surface area (Å²) in [7, 11) is 4.38. The zero-order valence-electron chi connectivity index (χ0n) is 16.0. The van der Waals surface area contributed by atoms with E-state index < -0.39 is 0 Å². The van der Waals surface area contributed by atoms with Gasteiger partial charge in [0.25, 0.3) is 0 Å². The highest BCUT2D eigenvalue weighted by molar-refractivity contribution is 6.14. The number of aromatic nitrogens is 1. The fraction of sp³-hybridized carbons (Fsp3) is 0.208. The normalized spacial score (nSPS) is 12.7. The van der Waals surface area contributed by atoms with Gasteiger partial charge in [-0.15, -0.1) is 0 Å². The molecule has 26 heavy (non-hydrogen) atoms. The Morgan fingerprint density at radius 1 is 0.885 bits per heavy atom. The van der Waals surface area contributed by atoms with Crippen LogP contribution in [0.5, 0.6) is 0 Å². The molecule has 0 radical (unpaired) electrons. The molecule has 4 aromatic rings. The predicted molar refractivity (Wildman–Crippen MR) is 110 cm³/mol. The minimum Gasteiger partial charge on any atom is -0.343 e. The molecule has 1 aliphatic rings. The third-order valence-electron chi connectivity index (χ3n) is 6.00. The Kier molecular flexibility index (Phi) is 3.00. The van der Waals surface area contributed by atoms with E-state index in [1.54, 1.807) is 0 Å². The van der Waals surface area contributed by atoms with E-state index in [1.807, 2.05) is 0 Å². The third kappa shape index (κ3) is 1.79. The maximum atomic E-state index is 2.40. The van der Waals surface area contributed by atoms with Crippen molar-refractivity contribution in [1.29, 1.82) is 0 Å². The van der Waals surface area contributed by atoms with Crippen LogP contribution in [0.3, 0.4) is 0 Å². The first kappa shape index (κ1) is 15.4. The van der Waals surface area contributed by atoms with Crippen molar-refractivity contribution in [2.24, 2.45) is 7.05 Å². The molecule has 0 saturated carbocycles. The molecule has 128 valence electrons. The highest BCUT2D eigenvalue weighted by Crippen LogP contribution is 2.50. The van der Waals surface area contributed by atoms with Crippen molar-refractivity contribution in [2.75, 3.05) is 11.9 Å². The average Bonchev–Trinajstić information content (AvgIpc) is 2.64. The fourth-order valence-electron chi connectivity index (χ4n) is 4.79. The minimum absolute atomic E-state index is 1.30. The topological polar surface area (TPSA) is 7.12 Å². The summed E-state index contributed by atoms with van der Waals surface area (Å²) in [5.41, 5.74) is 9.36. The number of aryl methyl sites for hydroxylation is 4. The molecule has 0 fully saturated rings. The van der Waals surface area contributed by atoms with Crippen LogP contribution in [0, 0.1) is 20.8 Å². The Bertz CT molecular complexity index is 1230. The maximum absolute atomic E-state index is 2.40. The van der Waals surface area contributed by atoms with Crippen molar-refractivity contribution in [1.82, 2.24) is 0 Å². The van der Waals surface area contributed by atoms with E-state index in [-0.39, 0.29) is 0 Å². The zero-order valence-corrected chi connectivity index (χ0v) is 16.0. The second kappa shape index (κ2) is 5.07. The molecule has 2 heteroatoms. The van der Waals surface area contributed by atoms with Gasteiger partial charge in [-0.05, 0) is 59.7 Å². The number of hydrogen-bond acceptors (Lipinski definition) is 1. The van der Waals surface area contributed by atoms with Crippen LogP contribution in [0.25, 0.3) is 32.8 Å². The largest absolute Gasteiger partial charge is 0.343 e. The Labute approximate surface area is 154 Å². The molecule has 1 aliphatic heterocycles. The number of pyridine rings is 1. The van der Waals surface area contributed by atoms with E-state index in [1.165, 1.54) is 60.9 Å². The number of rotatable bonds is 0. The van der Waals surface area contributed by atoms with Gasteiger partial charge < -0.3 is 4.90 Å². The van der Waals surface area contributed by atoms with Crippen LogP contribution < -0.4 is 9.47 Å². The highest BCUT2D eigenvalue weighted by Gasteiger charge is 2.32. The van der Waals surface area contributed by atoms with Gasteiger partial charge in [0.05, 0.1) is 22.3 Å². The van der Waals surface area contributed by atoms with Gasteiger partial charge >= 0.3 is 0 Å². The second-order valence-corrected chi connectivity index (χ2v) is 7.60. The van der Waals surface area contributed by atoms with Gasteiger partial charge in [0, 0.05) is 13.1 Å². The molecule has 0 atom stereocenters. The summed E-state index contributed by atoms with van der Waals surface area (Å²) >= 11 is 0. The average molecular weight is 339 g/mol. The molecule has 2 heterocycles. The Morgan fingerprint density at radius 3 is 2.31 bits per heavy atom. The van der Waals surface area contributed by atoms with Crippen LogP contribution in [0.4, 0.5) is 11.4 Å². The predicted octanol–water partition coefficient (Wildman–Crippen LogP) is 5.49. The van der Waals surface area contributed by atoms with Gasteiger partial charge in [0.1, 0.15) is 7.05 Å². The van der Waals surface area contributed by atoms with E-state index in [2.05, 4.69) is 93.0 Å². The van der Waals surface area contributed by atoms with Crippen molar-refractivity contribution >= 4 is 32.9 Å². The highest BCUT2D eigenvalue weighted by atomic mass is 15.1. The number of fused-ring (bicyclic) bond motifs is 3. The van der Waals surface area contributed by atoms with Crippen LogP contribution >= 0.6 is 0 Å². The van der Waals surface area contributed by atoms with Crippen LogP contribution in [0.1, 0.15) is 16.7 Å². The number of hydrogen-bond donors (Lipinski definition) is 0. The van der Waals surface area contributed by atoms with E-state index in [4.69, 9.17) is 0 Å². The van der Waals surface area contributed by atoms with Crippen molar-refractivity contribution in [3.63, 3.8) is 0 Å². The summed E-state index contributed by atoms with van der Waals surface area (Å²) in [5.74, 6) is 0. The lowest BCUT2D eigenvalue weighted by molar-refractivity contribution is -0.659. The Hall–Kier alpha value is -2.87. The molecule has 1 aromatic heterocycles. The van der Waals surface area contributed by atoms with E-state index >= 15 is 0 Å². The third-order valence-corrected chi connectivity index (χ3v) is 6.00. The van der Waals surface area contributed by atoms with Gasteiger partial charge in [0.2, 0.25) is 5.69 Å². The molecule has 0 unspecified atom stereocenters. The molecule has 0 aliphatic carbocycles.